The Morgan fingerprint density at radius 3 is 2.21 bits per heavy atom. The number of hydrogen-bond acceptors (Lipinski definition) is 4. The van der Waals surface area contributed by atoms with Gasteiger partial charge in [0.25, 0.3) is 11.8 Å². The molecule has 3 aromatic rings. The monoisotopic (exact) mass is 390 g/mol. The molecular formula is C23H22N2O4. The highest BCUT2D eigenvalue weighted by Crippen LogP contribution is 2.20. The molecule has 3 rings (SSSR count). The van der Waals surface area contributed by atoms with Crippen molar-refractivity contribution in [3.05, 3.63) is 89.5 Å². The molecule has 0 unspecified atom stereocenters. The van der Waals surface area contributed by atoms with Gasteiger partial charge in [-0.05, 0) is 42.5 Å². The molecule has 0 bridgehead atoms. The second-order valence-corrected chi connectivity index (χ2v) is 6.22. The molecule has 0 fully saturated rings. The highest BCUT2D eigenvalue weighted by molar-refractivity contribution is 6.09. The number of carbonyl (C=O) groups is 2. The Labute approximate surface area is 169 Å². The predicted molar refractivity (Wildman–Crippen MR) is 112 cm³/mol. The summed E-state index contributed by atoms with van der Waals surface area (Å²) in [6.45, 7) is 0.309. The van der Waals surface area contributed by atoms with E-state index in [1.165, 1.54) is 0 Å². The van der Waals surface area contributed by atoms with Crippen LogP contribution in [0.25, 0.3) is 0 Å². The zero-order chi connectivity index (χ0) is 20.6. The molecule has 0 aliphatic rings. The average Bonchev–Trinajstić information content (AvgIpc) is 2.78. The third-order valence-electron chi connectivity index (χ3n) is 4.40. The van der Waals surface area contributed by atoms with E-state index in [0.717, 1.165) is 5.56 Å². The fraction of sp³-hybridized carbons (Fsp3) is 0.130. The number of anilines is 1. The van der Waals surface area contributed by atoms with Gasteiger partial charge in [0.05, 0.1) is 25.5 Å². The smallest absolute Gasteiger partial charge is 0.255 e. The Morgan fingerprint density at radius 2 is 1.48 bits per heavy atom. The molecule has 0 aromatic heterocycles. The first kappa shape index (κ1) is 19.9. The molecule has 0 aliphatic heterocycles. The van der Waals surface area contributed by atoms with Gasteiger partial charge in [-0.25, -0.2) is 0 Å². The first-order chi connectivity index (χ1) is 14.1. The topological polar surface area (TPSA) is 76.7 Å². The summed E-state index contributed by atoms with van der Waals surface area (Å²) in [6.07, 6.45) is 0. The lowest BCUT2D eigenvalue weighted by Gasteiger charge is -2.13. The quantitative estimate of drug-likeness (QED) is 0.642. The molecule has 6 heteroatoms. The molecule has 2 amide bonds. The molecule has 0 heterocycles. The molecule has 29 heavy (non-hydrogen) atoms. The van der Waals surface area contributed by atoms with Crippen molar-refractivity contribution in [1.82, 2.24) is 5.32 Å². The number of ether oxygens (including phenoxy) is 2. The van der Waals surface area contributed by atoms with Crippen LogP contribution in [0.4, 0.5) is 5.69 Å². The number of hydrogen-bond donors (Lipinski definition) is 2. The minimum Gasteiger partial charge on any atom is -0.497 e. The Morgan fingerprint density at radius 1 is 0.793 bits per heavy atom. The Hall–Kier alpha value is -3.80. The summed E-state index contributed by atoms with van der Waals surface area (Å²) >= 11 is 0. The normalized spacial score (nSPS) is 10.1. The highest BCUT2D eigenvalue weighted by Gasteiger charge is 2.14. The maximum Gasteiger partial charge on any atom is 0.255 e. The molecule has 0 aliphatic carbocycles. The predicted octanol–water partition coefficient (Wildman–Crippen LogP) is 3.89. The third kappa shape index (κ3) is 4.93. The lowest BCUT2D eigenvalue weighted by atomic mass is 10.1. The van der Waals surface area contributed by atoms with Crippen LogP contribution in [0.5, 0.6) is 11.5 Å². The highest BCUT2D eigenvalue weighted by atomic mass is 16.5. The van der Waals surface area contributed by atoms with E-state index in [2.05, 4.69) is 10.6 Å². The largest absolute Gasteiger partial charge is 0.497 e. The molecule has 0 atom stereocenters. The van der Waals surface area contributed by atoms with Crippen molar-refractivity contribution in [3.63, 3.8) is 0 Å². The Balaban J connectivity index is 1.72. The molecule has 6 nitrogen and oxygen atoms in total. The van der Waals surface area contributed by atoms with Crippen LogP contribution >= 0.6 is 0 Å². The van der Waals surface area contributed by atoms with E-state index >= 15 is 0 Å². The van der Waals surface area contributed by atoms with Crippen LogP contribution in [-0.2, 0) is 6.54 Å². The zero-order valence-corrected chi connectivity index (χ0v) is 16.3. The van der Waals surface area contributed by atoms with Crippen LogP contribution in [0.1, 0.15) is 26.3 Å². The van der Waals surface area contributed by atoms with E-state index in [9.17, 15) is 9.59 Å². The van der Waals surface area contributed by atoms with E-state index in [-0.39, 0.29) is 11.8 Å². The summed E-state index contributed by atoms with van der Waals surface area (Å²) in [4.78, 5) is 25.3. The number of amides is 2. The maximum atomic E-state index is 12.7. The van der Waals surface area contributed by atoms with Crippen LogP contribution in [0.15, 0.2) is 72.8 Å². The van der Waals surface area contributed by atoms with Gasteiger partial charge in [0.15, 0.2) is 0 Å². The lowest BCUT2D eigenvalue weighted by Crippen LogP contribution is -2.25. The zero-order valence-electron chi connectivity index (χ0n) is 16.3. The number of methoxy groups -OCH3 is 2. The van der Waals surface area contributed by atoms with Gasteiger partial charge in [-0.3, -0.25) is 9.59 Å². The minimum absolute atomic E-state index is 0.290. The standard InChI is InChI=1S/C23H22N2O4/c1-28-18-13-11-16(12-14-18)22(26)25-20-9-5-4-8-19(20)23(27)24-15-17-7-3-6-10-21(17)29-2/h3-14H,15H2,1-2H3,(H,24,27)(H,25,26). The molecule has 0 radical (unpaired) electrons. The summed E-state index contributed by atoms with van der Waals surface area (Å²) in [5.41, 5.74) is 2.15. The number of nitrogens with one attached hydrogen (secondary N) is 2. The van der Waals surface area contributed by atoms with Gasteiger partial charge in [-0.1, -0.05) is 30.3 Å². The molecule has 0 saturated carbocycles. The minimum atomic E-state index is -0.308. The summed E-state index contributed by atoms with van der Waals surface area (Å²) in [5.74, 6) is 0.769. The van der Waals surface area contributed by atoms with Crippen LogP contribution in [0.2, 0.25) is 0 Å². The summed E-state index contributed by atoms with van der Waals surface area (Å²) in [5, 5.41) is 5.67. The maximum absolute atomic E-state index is 12.7. The van der Waals surface area contributed by atoms with Crippen molar-refractivity contribution in [3.8, 4) is 11.5 Å². The lowest BCUT2D eigenvalue weighted by molar-refractivity contribution is 0.0951. The Bertz CT molecular complexity index is 1000. The van der Waals surface area contributed by atoms with Crippen molar-refractivity contribution in [1.29, 1.82) is 0 Å². The van der Waals surface area contributed by atoms with E-state index < -0.39 is 0 Å². The molecular weight excluding hydrogens is 368 g/mol. The van der Waals surface area contributed by atoms with Crippen molar-refractivity contribution in [2.45, 2.75) is 6.54 Å². The molecule has 3 aromatic carbocycles. The first-order valence-electron chi connectivity index (χ1n) is 9.07. The Kier molecular flexibility index (Phi) is 6.47. The van der Waals surface area contributed by atoms with E-state index in [4.69, 9.17) is 9.47 Å². The van der Waals surface area contributed by atoms with Crippen LogP contribution < -0.4 is 20.1 Å². The SMILES string of the molecule is COc1ccc(C(=O)Nc2ccccc2C(=O)NCc2ccccc2OC)cc1. The first-order valence-corrected chi connectivity index (χ1v) is 9.07. The van der Waals surface area contributed by atoms with Crippen molar-refractivity contribution < 1.29 is 19.1 Å². The third-order valence-corrected chi connectivity index (χ3v) is 4.40. The summed E-state index contributed by atoms with van der Waals surface area (Å²) in [7, 11) is 3.15. The molecule has 0 saturated heterocycles. The number of rotatable bonds is 7. The summed E-state index contributed by atoms with van der Waals surface area (Å²) < 4.78 is 10.4. The number of para-hydroxylation sites is 2. The van der Waals surface area contributed by atoms with Crippen LogP contribution in [0.3, 0.4) is 0 Å². The van der Waals surface area contributed by atoms with Gasteiger partial charge in [-0.15, -0.1) is 0 Å². The number of benzene rings is 3. The van der Waals surface area contributed by atoms with E-state index in [1.807, 2.05) is 24.3 Å². The van der Waals surface area contributed by atoms with Gasteiger partial charge in [0.2, 0.25) is 0 Å². The second kappa shape index (κ2) is 9.41. The van der Waals surface area contributed by atoms with Gasteiger partial charge < -0.3 is 20.1 Å². The van der Waals surface area contributed by atoms with Gasteiger partial charge >= 0.3 is 0 Å². The van der Waals surface area contributed by atoms with Gasteiger partial charge in [-0.2, -0.15) is 0 Å². The van der Waals surface area contributed by atoms with E-state index in [1.54, 1.807) is 62.8 Å². The number of carbonyl (C=O) groups excluding carboxylic acids is 2. The molecule has 148 valence electrons. The van der Waals surface area contributed by atoms with Crippen molar-refractivity contribution in [2.24, 2.45) is 0 Å². The van der Waals surface area contributed by atoms with E-state index in [0.29, 0.717) is 34.9 Å². The average molecular weight is 390 g/mol. The van der Waals surface area contributed by atoms with Crippen LogP contribution in [-0.4, -0.2) is 26.0 Å². The fourth-order valence-electron chi connectivity index (χ4n) is 2.85. The van der Waals surface area contributed by atoms with Gasteiger partial charge in [0, 0.05) is 17.7 Å². The molecule has 0 spiro atoms. The van der Waals surface area contributed by atoms with Crippen molar-refractivity contribution >= 4 is 17.5 Å². The van der Waals surface area contributed by atoms with Gasteiger partial charge in [0.1, 0.15) is 11.5 Å². The second-order valence-electron chi connectivity index (χ2n) is 6.22. The van der Waals surface area contributed by atoms with Crippen LogP contribution in [0, 0.1) is 0 Å². The van der Waals surface area contributed by atoms with Crippen molar-refractivity contribution in [2.75, 3.05) is 19.5 Å². The fourth-order valence-corrected chi connectivity index (χ4v) is 2.85. The summed E-state index contributed by atoms with van der Waals surface area (Å²) in [6, 6.07) is 21.1. The molecule has 2 N–H and O–H groups in total.